The molecule has 14 heteroatoms. The summed E-state index contributed by atoms with van der Waals surface area (Å²) in [5.74, 6) is -7.02. The monoisotopic (exact) mass is 665 g/mol. The Kier molecular flexibility index (Phi) is 8.68. The van der Waals surface area contributed by atoms with Gasteiger partial charge in [-0.1, -0.05) is 32.0 Å². The van der Waals surface area contributed by atoms with E-state index in [1.165, 1.54) is 12.1 Å². The number of aryl methyl sites for hydroxylation is 1. The number of rotatable bonds is 5. The molecule has 4 aromatic rings. The lowest BCUT2D eigenvalue weighted by atomic mass is 10.0. The number of nitrogen functional groups attached to an aromatic ring is 1. The van der Waals surface area contributed by atoms with E-state index < -0.39 is 45.7 Å². The van der Waals surface area contributed by atoms with Crippen LogP contribution in [0.4, 0.5) is 24.5 Å². The van der Waals surface area contributed by atoms with E-state index in [0.29, 0.717) is 16.9 Å². The van der Waals surface area contributed by atoms with Gasteiger partial charge in [0.05, 0.1) is 33.3 Å². The van der Waals surface area contributed by atoms with Crippen LogP contribution in [-0.2, 0) is 4.79 Å². The van der Waals surface area contributed by atoms with Gasteiger partial charge in [-0.15, -0.1) is 0 Å². The van der Waals surface area contributed by atoms with Crippen LogP contribution in [0.25, 0.3) is 28.0 Å². The first-order valence-corrected chi connectivity index (χ1v) is 15.0. The number of aromatic hydroxyl groups is 1. The van der Waals surface area contributed by atoms with Gasteiger partial charge >= 0.3 is 0 Å². The smallest absolute Gasteiger partial charge is 0.276 e. The fraction of sp³-hybridized carbons (Fsp3) is 0.303. The summed E-state index contributed by atoms with van der Waals surface area (Å²) in [7, 11) is 0. The summed E-state index contributed by atoms with van der Waals surface area (Å²) in [6.07, 6.45) is 2.79. The molecule has 5 rings (SSSR count). The Hall–Kier alpha value is -5.09. The maximum absolute atomic E-state index is 15.5. The molecule has 1 aliphatic rings. The van der Waals surface area contributed by atoms with E-state index in [2.05, 4.69) is 16.5 Å². The molecule has 0 saturated carbocycles. The molecule has 1 fully saturated rings. The van der Waals surface area contributed by atoms with Gasteiger partial charge in [-0.25, -0.2) is 13.8 Å². The minimum absolute atomic E-state index is 0.131. The van der Waals surface area contributed by atoms with E-state index in [-0.39, 0.29) is 64.3 Å². The first-order chi connectivity index (χ1) is 22.2. The number of hydrogen-bond acceptors (Lipinski definition) is 8. The third kappa shape index (κ3) is 5.22. The van der Waals surface area contributed by atoms with Crippen molar-refractivity contribution in [3.8, 4) is 28.8 Å². The van der Waals surface area contributed by atoms with Crippen LogP contribution in [0.1, 0.15) is 50.4 Å². The van der Waals surface area contributed by atoms with Crippen LogP contribution in [0.15, 0.2) is 35.8 Å². The van der Waals surface area contributed by atoms with Gasteiger partial charge in [0.25, 0.3) is 5.56 Å². The van der Waals surface area contributed by atoms with Crippen LogP contribution in [0.3, 0.4) is 0 Å². The zero-order valence-electron chi connectivity index (χ0n) is 26.2. The summed E-state index contributed by atoms with van der Waals surface area (Å²) >= 11 is 6.66. The Bertz CT molecular complexity index is 2050. The number of fused-ring (bicyclic) bond motifs is 1. The molecule has 3 aromatic heterocycles. The maximum atomic E-state index is 15.5. The quantitative estimate of drug-likeness (QED) is 0.119. The predicted octanol–water partition coefficient (Wildman–Crippen LogP) is 5.72. The first-order valence-electron chi connectivity index (χ1n) is 14.7. The van der Waals surface area contributed by atoms with Crippen LogP contribution in [0.5, 0.6) is 5.75 Å². The van der Waals surface area contributed by atoms with Gasteiger partial charge < -0.3 is 20.6 Å². The van der Waals surface area contributed by atoms with Gasteiger partial charge in [0.2, 0.25) is 11.7 Å². The normalized spacial score (nSPS) is 16.5. The van der Waals surface area contributed by atoms with Crippen molar-refractivity contribution < 1.29 is 23.1 Å². The first kappa shape index (κ1) is 33.3. The van der Waals surface area contributed by atoms with Crippen molar-refractivity contribution in [2.45, 2.75) is 52.6 Å². The standard InChI is InChI=1S/C33H31ClF3N7O3/c1-7-21(45)43-16(5)12-42(13-17(43)6)30-18-10-20(34)28(22-23(35)26(39)24(36)25(37)31(22)46)41-32(18)44(33(47)19(30)11-38)29-15(4)8-9-40-27(29)14(2)3/h7-10,14,16-17,46H,1,12-13,39H2,2-6H3/t16-,17+. The van der Waals surface area contributed by atoms with Gasteiger partial charge in [-0.05, 0) is 50.5 Å². The van der Waals surface area contributed by atoms with E-state index in [1.54, 1.807) is 29.0 Å². The van der Waals surface area contributed by atoms with Gasteiger partial charge in [0, 0.05) is 36.8 Å². The molecule has 0 spiro atoms. The molecule has 0 radical (unpaired) electrons. The van der Waals surface area contributed by atoms with E-state index in [9.17, 15) is 28.7 Å². The number of pyridine rings is 3. The summed E-state index contributed by atoms with van der Waals surface area (Å²) in [6, 6.07) is 4.27. The third-order valence-electron chi connectivity index (χ3n) is 8.34. The number of halogens is 4. The largest absolute Gasteiger partial charge is 0.504 e. The fourth-order valence-corrected chi connectivity index (χ4v) is 6.54. The van der Waals surface area contributed by atoms with Gasteiger partial charge in [-0.3, -0.25) is 19.1 Å². The molecule has 1 aliphatic heterocycles. The summed E-state index contributed by atoms with van der Waals surface area (Å²) in [4.78, 5) is 39.5. The van der Waals surface area contributed by atoms with Crippen molar-refractivity contribution in [1.82, 2.24) is 19.4 Å². The Morgan fingerprint density at radius 1 is 1.19 bits per heavy atom. The van der Waals surface area contributed by atoms with Gasteiger partial charge in [0.15, 0.2) is 17.4 Å². The maximum Gasteiger partial charge on any atom is 0.276 e. The van der Waals surface area contributed by atoms with E-state index in [4.69, 9.17) is 17.3 Å². The number of phenols is 1. The molecular weight excluding hydrogens is 635 g/mol. The molecule has 3 N–H and O–H groups in total. The number of nitrogens with two attached hydrogens (primary N) is 1. The molecule has 0 unspecified atom stereocenters. The molecule has 0 aliphatic carbocycles. The zero-order valence-corrected chi connectivity index (χ0v) is 27.0. The highest BCUT2D eigenvalue weighted by molar-refractivity contribution is 6.34. The van der Waals surface area contributed by atoms with Crippen LogP contribution >= 0.6 is 11.6 Å². The number of aromatic nitrogens is 3. The fourth-order valence-electron chi connectivity index (χ4n) is 6.29. The molecule has 1 amide bonds. The third-order valence-corrected chi connectivity index (χ3v) is 8.63. The summed E-state index contributed by atoms with van der Waals surface area (Å²) < 4.78 is 45.5. The molecule has 0 bridgehead atoms. The molecule has 1 aromatic carbocycles. The van der Waals surface area contributed by atoms with Gasteiger partial charge in [0.1, 0.15) is 23.0 Å². The Balaban J connectivity index is 1.95. The molecule has 10 nitrogen and oxygen atoms in total. The van der Waals surface area contributed by atoms with Crippen molar-refractivity contribution in [3.63, 3.8) is 0 Å². The molecule has 47 heavy (non-hydrogen) atoms. The minimum atomic E-state index is -1.81. The number of phenolic OH excluding ortho intramolecular Hbond substituents is 1. The average Bonchev–Trinajstić information content (AvgIpc) is 3.02. The summed E-state index contributed by atoms with van der Waals surface area (Å²) in [5, 5.41) is 20.9. The summed E-state index contributed by atoms with van der Waals surface area (Å²) in [5.41, 5.74) is 3.21. The van der Waals surface area contributed by atoms with Gasteiger partial charge in [-0.2, -0.15) is 9.65 Å². The zero-order chi connectivity index (χ0) is 34.6. The van der Waals surface area contributed by atoms with E-state index in [0.717, 1.165) is 4.57 Å². The molecule has 1 saturated heterocycles. The van der Waals surface area contributed by atoms with Crippen molar-refractivity contribution in [2.75, 3.05) is 23.7 Å². The van der Waals surface area contributed by atoms with Crippen LogP contribution < -0.4 is 16.2 Å². The minimum Gasteiger partial charge on any atom is -0.504 e. The molecule has 2 atom stereocenters. The number of nitrogens with zero attached hydrogens (tertiary/aromatic N) is 6. The number of piperazine rings is 1. The Morgan fingerprint density at radius 2 is 1.83 bits per heavy atom. The number of benzene rings is 1. The van der Waals surface area contributed by atoms with Crippen LogP contribution in [-0.4, -0.2) is 55.6 Å². The predicted molar refractivity (Wildman–Crippen MR) is 173 cm³/mol. The number of nitriles is 1. The van der Waals surface area contributed by atoms with Crippen LogP contribution in [0.2, 0.25) is 5.02 Å². The number of amides is 1. The number of anilines is 2. The average molecular weight is 666 g/mol. The Labute approximate surface area is 273 Å². The summed E-state index contributed by atoms with van der Waals surface area (Å²) in [6.45, 7) is 13.1. The van der Waals surface area contributed by atoms with Crippen molar-refractivity contribution >= 4 is 39.9 Å². The SMILES string of the molecule is C=CC(=O)N1[C@H](C)CN(c2c(C#N)c(=O)n(-c3c(C)ccnc3C(C)C)c3nc(-c4c(O)c(F)c(F)c(N)c4F)c(Cl)cc23)C[C@@H]1C. The lowest BCUT2D eigenvalue weighted by Crippen LogP contribution is -2.58. The highest BCUT2D eigenvalue weighted by Crippen LogP contribution is 2.43. The molecular formula is C33H31ClF3N7O3. The highest BCUT2D eigenvalue weighted by atomic mass is 35.5. The van der Waals surface area contributed by atoms with E-state index >= 15 is 4.39 Å². The number of carbonyl (C=O) groups excluding carboxylic acids is 1. The highest BCUT2D eigenvalue weighted by Gasteiger charge is 2.36. The molecule has 244 valence electrons. The second-order valence-corrected chi connectivity index (χ2v) is 12.2. The number of carbonyl (C=O) groups is 1. The topological polar surface area (TPSA) is 141 Å². The van der Waals surface area contributed by atoms with E-state index in [1.807, 2.05) is 33.8 Å². The molecule has 4 heterocycles. The van der Waals surface area contributed by atoms with Crippen molar-refractivity contribution in [1.29, 1.82) is 5.26 Å². The lowest BCUT2D eigenvalue weighted by Gasteiger charge is -2.45. The van der Waals surface area contributed by atoms with Crippen molar-refractivity contribution in [3.05, 3.63) is 80.6 Å². The van der Waals surface area contributed by atoms with Crippen LogP contribution in [0, 0.1) is 35.7 Å². The second-order valence-electron chi connectivity index (χ2n) is 11.8. The lowest BCUT2D eigenvalue weighted by molar-refractivity contribution is -0.130. The second kappa shape index (κ2) is 12.3. The number of hydrogen-bond donors (Lipinski definition) is 2. The van der Waals surface area contributed by atoms with Crippen molar-refractivity contribution in [2.24, 2.45) is 0 Å². The Morgan fingerprint density at radius 3 is 2.40 bits per heavy atom.